The molecule has 0 amide bonds. The minimum atomic E-state index is 0. The second-order valence-corrected chi connectivity index (χ2v) is 6.57. The van der Waals surface area contributed by atoms with Crippen molar-refractivity contribution >= 4 is 32.1 Å². The van der Waals surface area contributed by atoms with E-state index in [0.29, 0.717) is 11.8 Å². The number of hydrogen-bond acceptors (Lipinski definition) is 2. The highest BCUT2D eigenvalue weighted by molar-refractivity contribution is 7.27. The summed E-state index contributed by atoms with van der Waals surface area (Å²) in [5, 5.41) is 0. The third-order valence-electron chi connectivity index (χ3n) is 2.38. The Morgan fingerprint density at radius 2 is 1.13 bits per heavy atom. The van der Waals surface area contributed by atoms with Gasteiger partial charge in [-0.1, -0.05) is 35.1 Å². The van der Waals surface area contributed by atoms with E-state index in [1.807, 2.05) is 22.7 Å². The van der Waals surface area contributed by atoms with Gasteiger partial charge in [-0.25, -0.2) is 0 Å². The van der Waals surface area contributed by atoms with Gasteiger partial charge in [-0.05, 0) is 24.0 Å². The zero-order valence-electron chi connectivity index (χ0n) is 9.13. The molecule has 0 spiro atoms. The first-order chi connectivity index (χ1) is 6.58. The van der Waals surface area contributed by atoms with Crippen molar-refractivity contribution < 1.29 is 0 Å². The zero-order valence-corrected chi connectivity index (χ0v) is 10.8. The van der Waals surface area contributed by atoms with Crippen molar-refractivity contribution in [1.29, 1.82) is 0 Å². The smallest absolute Gasteiger partial charge is 0.0456 e. The summed E-state index contributed by atoms with van der Waals surface area (Å²) >= 11 is 3.91. The molecule has 2 rings (SSSR count). The molecule has 2 aromatic heterocycles. The molecule has 0 N–H and O–H groups in total. The molecule has 0 aromatic carbocycles. The molecule has 0 aliphatic heterocycles. The van der Waals surface area contributed by atoms with Crippen LogP contribution in [-0.2, 0) is 0 Å². The van der Waals surface area contributed by atoms with E-state index in [1.54, 1.807) is 0 Å². The molecule has 0 aliphatic rings. The first kappa shape index (κ1) is 12.7. The Kier molecular flexibility index (Phi) is 3.96. The normalized spacial score (nSPS) is 11.3. The maximum absolute atomic E-state index is 2.36. The Bertz CT molecular complexity index is 363. The van der Waals surface area contributed by atoms with E-state index in [1.165, 1.54) is 19.2 Å². The van der Waals surface area contributed by atoms with Gasteiger partial charge in [0.15, 0.2) is 0 Å². The molecule has 0 unspecified atom stereocenters. The summed E-state index contributed by atoms with van der Waals surface area (Å²) in [6.07, 6.45) is 0. The fourth-order valence-corrected chi connectivity index (χ4v) is 3.86. The monoisotopic (exact) mass is 240 g/mol. The molecule has 0 fully saturated rings. The van der Waals surface area contributed by atoms with Gasteiger partial charge in [0, 0.05) is 19.2 Å². The highest BCUT2D eigenvalue weighted by atomic mass is 32.1. The number of rotatable bonds is 2. The van der Waals surface area contributed by atoms with Gasteiger partial charge in [-0.2, -0.15) is 0 Å². The molecule has 0 saturated heterocycles. The molecular weight excluding hydrogens is 220 g/mol. The maximum atomic E-state index is 2.36. The first-order valence-electron chi connectivity index (χ1n) is 5.11. The van der Waals surface area contributed by atoms with Gasteiger partial charge in [-0.3, -0.25) is 0 Å². The summed E-state index contributed by atoms with van der Waals surface area (Å²) in [5.74, 6) is 1.34. The van der Waals surface area contributed by atoms with Crippen molar-refractivity contribution in [2.24, 2.45) is 0 Å². The lowest BCUT2D eigenvalue weighted by atomic mass is 10.2. The van der Waals surface area contributed by atoms with Crippen LogP contribution in [0, 0.1) is 0 Å². The fraction of sp³-hybridized carbons (Fsp3) is 0.538. The van der Waals surface area contributed by atoms with Gasteiger partial charge < -0.3 is 0 Å². The SMILES string of the molecule is C.CC(C)c1cc2sc(C(C)C)cc2s1. The van der Waals surface area contributed by atoms with Crippen molar-refractivity contribution in [3.8, 4) is 0 Å². The predicted molar refractivity (Wildman–Crippen MR) is 74.6 cm³/mol. The molecule has 0 nitrogen and oxygen atoms in total. The van der Waals surface area contributed by atoms with Crippen LogP contribution in [0.2, 0.25) is 0 Å². The second-order valence-electron chi connectivity index (χ2n) is 4.34. The quantitative estimate of drug-likeness (QED) is 0.618. The van der Waals surface area contributed by atoms with E-state index in [2.05, 4.69) is 39.8 Å². The van der Waals surface area contributed by atoms with Crippen LogP contribution in [0.1, 0.15) is 56.7 Å². The van der Waals surface area contributed by atoms with Gasteiger partial charge in [0.05, 0.1) is 0 Å². The molecule has 0 radical (unpaired) electrons. The highest BCUT2D eigenvalue weighted by Crippen LogP contribution is 2.38. The summed E-state index contributed by atoms with van der Waals surface area (Å²) in [6.45, 7) is 9.05. The fourth-order valence-electron chi connectivity index (χ4n) is 1.44. The van der Waals surface area contributed by atoms with Crippen molar-refractivity contribution in [3.63, 3.8) is 0 Å². The van der Waals surface area contributed by atoms with Gasteiger partial charge >= 0.3 is 0 Å². The summed E-state index contributed by atoms with van der Waals surface area (Å²) in [6, 6.07) is 4.72. The molecule has 0 aliphatic carbocycles. The Morgan fingerprint density at radius 1 is 0.800 bits per heavy atom. The van der Waals surface area contributed by atoms with Gasteiger partial charge in [0.25, 0.3) is 0 Å². The maximum Gasteiger partial charge on any atom is 0.0456 e. The molecule has 0 bridgehead atoms. The van der Waals surface area contributed by atoms with Crippen molar-refractivity contribution in [2.75, 3.05) is 0 Å². The topological polar surface area (TPSA) is 0 Å². The second kappa shape index (κ2) is 4.67. The third-order valence-corrected chi connectivity index (χ3v) is 5.28. The van der Waals surface area contributed by atoms with Gasteiger partial charge in [0.2, 0.25) is 0 Å². The highest BCUT2D eigenvalue weighted by Gasteiger charge is 2.10. The largest absolute Gasteiger partial charge is 0.139 e. The summed E-state index contributed by atoms with van der Waals surface area (Å²) < 4.78 is 2.95. The van der Waals surface area contributed by atoms with Crippen LogP contribution in [0.3, 0.4) is 0 Å². The molecule has 0 saturated carbocycles. The van der Waals surface area contributed by atoms with Gasteiger partial charge in [-0.15, -0.1) is 22.7 Å². The van der Waals surface area contributed by atoms with Crippen LogP contribution in [-0.4, -0.2) is 0 Å². The van der Waals surface area contributed by atoms with E-state index in [9.17, 15) is 0 Å². The van der Waals surface area contributed by atoms with Crippen molar-refractivity contribution in [2.45, 2.75) is 47.0 Å². The zero-order chi connectivity index (χ0) is 10.3. The summed E-state index contributed by atoms with van der Waals surface area (Å²) in [5.41, 5.74) is 0. The summed E-state index contributed by atoms with van der Waals surface area (Å²) in [7, 11) is 0. The van der Waals surface area contributed by atoms with Crippen LogP contribution in [0.5, 0.6) is 0 Å². The Labute approximate surface area is 101 Å². The van der Waals surface area contributed by atoms with E-state index in [4.69, 9.17) is 0 Å². The minimum absolute atomic E-state index is 0. The molecule has 0 atom stereocenters. The number of hydrogen-bond donors (Lipinski definition) is 0. The van der Waals surface area contributed by atoms with Crippen LogP contribution in [0.15, 0.2) is 12.1 Å². The molecule has 2 heteroatoms. The Hall–Kier alpha value is -0.340. The molecular formula is C13H20S2. The van der Waals surface area contributed by atoms with E-state index >= 15 is 0 Å². The van der Waals surface area contributed by atoms with Crippen LogP contribution in [0.4, 0.5) is 0 Å². The van der Waals surface area contributed by atoms with Crippen LogP contribution in [0.25, 0.3) is 9.40 Å². The van der Waals surface area contributed by atoms with Crippen LogP contribution >= 0.6 is 22.7 Å². The van der Waals surface area contributed by atoms with Crippen LogP contribution < -0.4 is 0 Å². The van der Waals surface area contributed by atoms with Crippen molar-refractivity contribution in [1.82, 2.24) is 0 Å². The van der Waals surface area contributed by atoms with Gasteiger partial charge in [0.1, 0.15) is 0 Å². The lowest BCUT2D eigenvalue weighted by Gasteiger charge is -1.99. The molecule has 2 heterocycles. The number of thiophene rings is 2. The lowest BCUT2D eigenvalue weighted by molar-refractivity contribution is 0.889. The minimum Gasteiger partial charge on any atom is -0.139 e. The van der Waals surface area contributed by atoms with E-state index in [0.717, 1.165) is 0 Å². The standard InChI is InChI=1S/C12H16S2.CH4/c1-7(2)9-5-11-12(13-9)6-10(14-11)8(3)4;/h5-8H,1-4H3;1H4. The van der Waals surface area contributed by atoms with E-state index in [-0.39, 0.29) is 7.43 Å². The first-order valence-corrected chi connectivity index (χ1v) is 6.74. The molecule has 84 valence electrons. The van der Waals surface area contributed by atoms with Crippen molar-refractivity contribution in [3.05, 3.63) is 21.9 Å². The summed E-state index contributed by atoms with van der Waals surface area (Å²) in [4.78, 5) is 3.03. The third kappa shape index (κ3) is 2.43. The number of fused-ring (bicyclic) bond motifs is 1. The Morgan fingerprint density at radius 3 is 1.40 bits per heavy atom. The average Bonchev–Trinajstić information content (AvgIpc) is 2.57. The van der Waals surface area contributed by atoms with E-state index < -0.39 is 0 Å². The molecule has 15 heavy (non-hydrogen) atoms. The Balaban J connectivity index is 0.00000112. The lowest BCUT2D eigenvalue weighted by Crippen LogP contribution is -1.79. The molecule has 2 aromatic rings. The average molecular weight is 240 g/mol. The predicted octanol–water partition coefficient (Wildman–Crippen LogP) is 5.85.